The summed E-state index contributed by atoms with van der Waals surface area (Å²) < 4.78 is 64.1. The van der Waals surface area contributed by atoms with Crippen molar-refractivity contribution in [3.63, 3.8) is 0 Å². The fraction of sp³-hybridized carbons (Fsp3) is 0.950. The molecule has 0 unspecified atom stereocenters. The molecule has 19 N–H and O–H groups in total. The highest BCUT2D eigenvalue weighted by atomic mass is 16.8. The van der Waals surface area contributed by atoms with Gasteiger partial charge in [-0.2, -0.15) is 0 Å². The van der Waals surface area contributed by atoms with Crippen molar-refractivity contribution in [2.45, 2.75) is 205 Å². The average molecular weight is 1060 g/mol. The van der Waals surface area contributed by atoms with Crippen molar-refractivity contribution in [2.75, 3.05) is 33.0 Å². The van der Waals surface area contributed by atoms with Gasteiger partial charge in [0.05, 0.1) is 39.1 Å². The Balaban J connectivity index is 1.37. The number of aliphatic hydroxyl groups is 17. The highest BCUT2D eigenvalue weighted by Gasteiger charge is 2.59. The van der Waals surface area contributed by atoms with Crippen LogP contribution < -0.4 is 10.6 Å². The van der Waals surface area contributed by atoms with Crippen LogP contribution in [-0.2, 0) is 61.7 Å². The molecule has 30 atom stereocenters. The average Bonchev–Trinajstić information content (AvgIpc) is 3.34. The standard InChI is InChI=1S/C40H68N2O30/c1-9-19(50)25(56)28(59)38(62-9)72-34-33(71-36-17(41-10(2)48)24(55)20(51)12(4-43)64-36)23(54)15(7-46)67-40(34)69-31-18(42-11(3)49)37(65-13(5-44)21(31)52)70-32-22(53)14(6-45)66-39(29(32)60)68-30-16(8-47)63-35(61)27(58)26(30)57/h9,12-40,43-47,50-61H,4-8H2,1-3H3,(H,41,48)(H,42,49)/t9-,12+,13+,14+,15+,16+,17+,18+,19+,20-,21+,22-,23-,24+,25+,26+,27+,28-,29+,30+,31+,32-,33-,34+,35+,36+,37-,38-,39+,40-/m0/s1. The number of ether oxygens (including phenoxy) is 11. The zero-order valence-electron chi connectivity index (χ0n) is 38.8. The third-order valence-electron chi connectivity index (χ3n) is 13.2. The van der Waals surface area contributed by atoms with Gasteiger partial charge in [-0.3, -0.25) is 9.59 Å². The third kappa shape index (κ3) is 12.5. The molecule has 0 aliphatic carbocycles. The third-order valence-corrected chi connectivity index (χ3v) is 13.2. The summed E-state index contributed by atoms with van der Waals surface area (Å²) in [5.41, 5.74) is 0. The first-order valence-corrected chi connectivity index (χ1v) is 23.0. The molecule has 0 saturated carbocycles. The monoisotopic (exact) mass is 1060 g/mol. The summed E-state index contributed by atoms with van der Waals surface area (Å²) in [6.45, 7) is -1.67. The normalized spacial score (nSPS) is 50.3. The van der Waals surface area contributed by atoms with Gasteiger partial charge in [-0.15, -0.1) is 0 Å². The van der Waals surface area contributed by atoms with Crippen molar-refractivity contribution in [3.05, 3.63) is 0 Å². The lowest BCUT2D eigenvalue weighted by Gasteiger charge is -2.52. The van der Waals surface area contributed by atoms with E-state index in [0.29, 0.717) is 0 Å². The first-order chi connectivity index (χ1) is 34.0. The summed E-state index contributed by atoms with van der Waals surface area (Å²) in [5, 5.41) is 187. The molecule has 0 radical (unpaired) electrons. The molecule has 0 aromatic carbocycles. The Morgan fingerprint density at radius 2 is 0.778 bits per heavy atom. The number of amides is 2. The van der Waals surface area contributed by atoms with Gasteiger partial charge in [0.25, 0.3) is 0 Å². The quantitative estimate of drug-likeness (QED) is 0.0643. The molecular weight excluding hydrogens is 988 g/mol. The second-order valence-corrected chi connectivity index (χ2v) is 18.2. The molecule has 0 bridgehead atoms. The fourth-order valence-corrected chi connectivity index (χ4v) is 9.23. The molecule has 0 aromatic rings. The molecular formula is C40H68N2O30. The predicted octanol–water partition coefficient (Wildman–Crippen LogP) is -12.8. The second-order valence-electron chi connectivity index (χ2n) is 18.2. The van der Waals surface area contributed by atoms with E-state index in [1.54, 1.807) is 0 Å². The number of hydrogen-bond acceptors (Lipinski definition) is 30. The SMILES string of the molecule is CC(=O)N[C@H]1[C@@H](O[C@H]2[C@@H](O)[C@@H](CO)O[C@@H](O[C@H]3[C@H](O)[C@@H](CO)O[C@@H](O[C@H]4[C@@H](O)[C@@H](CO)O[C@H](O[C@H]5[C@H](O)[C@@H](O)[C@H](O)O[C@@H]5CO)[C@@H]4O)[C@@H]3NC(C)=O)[C@@H]2O[C@@H]2O[C@@H](C)[C@@H](O)[C@@H](O)[C@@H]2O)O[C@H](CO)[C@H](O)[C@@H]1O. The van der Waals surface area contributed by atoms with Gasteiger partial charge in [-0.05, 0) is 6.92 Å². The molecule has 6 fully saturated rings. The van der Waals surface area contributed by atoms with E-state index >= 15 is 0 Å². The predicted molar refractivity (Wildman–Crippen MR) is 221 cm³/mol. The van der Waals surface area contributed by atoms with Crippen LogP contribution in [0.3, 0.4) is 0 Å². The first kappa shape index (κ1) is 59.1. The van der Waals surface area contributed by atoms with Crippen LogP contribution in [0.2, 0.25) is 0 Å². The van der Waals surface area contributed by atoms with Crippen molar-refractivity contribution in [3.8, 4) is 0 Å². The van der Waals surface area contributed by atoms with E-state index in [-0.39, 0.29) is 0 Å². The highest BCUT2D eigenvalue weighted by molar-refractivity contribution is 5.73. The summed E-state index contributed by atoms with van der Waals surface area (Å²) in [5.74, 6) is -1.69. The number of nitrogens with one attached hydrogen (secondary N) is 2. The number of rotatable bonds is 17. The maximum Gasteiger partial charge on any atom is 0.217 e. The Kier molecular flexibility index (Phi) is 20.8. The molecule has 2 amide bonds. The molecule has 0 aromatic heterocycles. The van der Waals surface area contributed by atoms with Crippen molar-refractivity contribution in [1.82, 2.24) is 10.6 Å². The zero-order chi connectivity index (χ0) is 53.2. The Labute approximate surface area is 408 Å². The Morgan fingerprint density at radius 3 is 1.33 bits per heavy atom. The van der Waals surface area contributed by atoms with Gasteiger partial charge < -0.3 is 150 Å². The summed E-state index contributed by atoms with van der Waals surface area (Å²) >= 11 is 0. The maximum atomic E-state index is 13.0. The molecule has 6 heterocycles. The van der Waals surface area contributed by atoms with Crippen LogP contribution in [-0.4, -0.2) is 316 Å². The Hall–Kier alpha value is -2.18. The first-order valence-electron chi connectivity index (χ1n) is 23.0. The molecule has 6 saturated heterocycles. The molecule has 418 valence electrons. The topological polar surface area (TPSA) is 504 Å². The number of aliphatic hydroxyl groups excluding tert-OH is 17. The maximum absolute atomic E-state index is 13.0. The minimum atomic E-state index is -2.19. The minimum Gasteiger partial charge on any atom is -0.394 e. The Bertz CT molecular complexity index is 1730. The van der Waals surface area contributed by atoms with Crippen molar-refractivity contribution < 1.29 is 149 Å². The van der Waals surface area contributed by atoms with Crippen LogP contribution >= 0.6 is 0 Å². The van der Waals surface area contributed by atoms with E-state index < -0.39 is 229 Å². The van der Waals surface area contributed by atoms with Crippen LogP contribution in [0, 0.1) is 0 Å². The van der Waals surface area contributed by atoms with Gasteiger partial charge in [-0.25, -0.2) is 0 Å². The summed E-state index contributed by atoms with van der Waals surface area (Å²) in [6.07, 6.45) is -53.5. The smallest absolute Gasteiger partial charge is 0.217 e. The number of hydrogen-bond donors (Lipinski definition) is 19. The lowest BCUT2D eigenvalue weighted by molar-refractivity contribution is -0.401. The van der Waals surface area contributed by atoms with E-state index in [1.807, 2.05) is 0 Å². The van der Waals surface area contributed by atoms with Gasteiger partial charge in [0.15, 0.2) is 37.7 Å². The number of carbonyl (C=O) groups is 2. The molecule has 0 spiro atoms. The van der Waals surface area contributed by atoms with E-state index in [2.05, 4.69) is 10.6 Å². The van der Waals surface area contributed by atoms with E-state index in [4.69, 9.17) is 52.1 Å². The van der Waals surface area contributed by atoms with Gasteiger partial charge in [-0.1, -0.05) is 0 Å². The molecule has 6 aliphatic rings. The molecule has 6 rings (SSSR count). The van der Waals surface area contributed by atoms with E-state index in [1.165, 1.54) is 6.92 Å². The van der Waals surface area contributed by atoms with Gasteiger partial charge in [0, 0.05) is 13.8 Å². The van der Waals surface area contributed by atoms with E-state index in [9.17, 15) is 96.4 Å². The van der Waals surface area contributed by atoms with Crippen molar-refractivity contribution in [2.24, 2.45) is 0 Å². The second kappa shape index (κ2) is 25.3. The lowest BCUT2D eigenvalue weighted by atomic mass is 9.93. The molecule has 72 heavy (non-hydrogen) atoms. The molecule has 32 heteroatoms. The number of carbonyl (C=O) groups excluding carboxylic acids is 2. The van der Waals surface area contributed by atoms with Crippen molar-refractivity contribution in [1.29, 1.82) is 0 Å². The molecule has 6 aliphatic heterocycles. The van der Waals surface area contributed by atoms with Gasteiger partial charge in [0.1, 0.15) is 140 Å². The van der Waals surface area contributed by atoms with Crippen LogP contribution in [0.1, 0.15) is 20.8 Å². The van der Waals surface area contributed by atoms with Gasteiger partial charge >= 0.3 is 0 Å². The summed E-state index contributed by atoms with van der Waals surface area (Å²) in [4.78, 5) is 25.3. The Morgan fingerprint density at radius 1 is 0.361 bits per heavy atom. The van der Waals surface area contributed by atoms with Crippen LogP contribution in [0.4, 0.5) is 0 Å². The minimum absolute atomic E-state index is 0.794. The summed E-state index contributed by atoms with van der Waals surface area (Å²) in [6, 6.07) is -3.54. The van der Waals surface area contributed by atoms with Crippen molar-refractivity contribution >= 4 is 11.8 Å². The van der Waals surface area contributed by atoms with Crippen LogP contribution in [0.5, 0.6) is 0 Å². The van der Waals surface area contributed by atoms with Gasteiger partial charge in [0.2, 0.25) is 11.8 Å². The lowest BCUT2D eigenvalue weighted by Crippen LogP contribution is -2.71. The highest BCUT2D eigenvalue weighted by Crippen LogP contribution is 2.38. The largest absolute Gasteiger partial charge is 0.394 e. The summed E-state index contributed by atoms with van der Waals surface area (Å²) in [7, 11) is 0. The molecule has 32 nitrogen and oxygen atoms in total. The zero-order valence-corrected chi connectivity index (χ0v) is 38.8. The van der Waals surface area contributed by atoms with Crippen LogP contribution in [0.25, 0.3) is 0 Å². The fourth-order valence-electron chi connectivity index (χ4n) is 9.23. The van der Waals surface area contributed by atoms with Crippen LogP contribution in [0.15, 0.2) is 0 Å². The van der Waals surface area contributed by atoms with E-state index in [0.717, 1.165) is 13.8 Å².